The number of hydrogen-bond donors (Lipinski definition) is 0. The van der Waals surface area contributed by atoms with E-state index in [0.29, 0.717) is 17.5 Å². The van der Waals surface area contributed by atoms with E-state index in [0.717, 1.165) is 44.6 Å². The van der Waals surface area contributed by atoms with Gasteiger partial charge in [-0.05, 0) is 58.0 Å². The lowest BCUT2D eigenvalue weighted by molar-refractivity contribution is 1.07. The Kier molecular flexibility index (Phi) is 7.10. The second kappa shape index (κ2) is 12.2. The zero-order chi connectivity index (χ0) is 32.6. The summed E-state index contributed by atoms with van der Waals surface area (Å²) in [6, 6.07) is 61.3. The highest BCUT2D eigenvalue weighted by Crippen LogP contribution is 2.33. The summed E-state index contributed by atoms with van der Waals surface area (Å²) in [6.07, 6.45) is 2.17. The Balaban J connectivity index is 1.09. The molecule has 0 aliphatic heterocycles. The van der Waals surface area contributed by atoms with Gasteiger partial charge in [-0.1, -0.05) is 146 Å². The van der Waals surface area contributed by atoms with E-state index in [9.17, 15) is 0 Å². The number of aromatic nitrogens is 4. The predicted octanol–water partition coefficient (Wildman–Crippen LogP) is 11.3. The Bertz CT molecular complexity index is 2550. The van der Waals surface area contributed by atoms with Gasteiger partial charge in [0.2, 0.25) is 0 Å². The molecular formula is C45H30N4. The summed E-state index contributed by atoms with van der Waals surface area (Å²) in [5.41, 5.74) is 9.75. The number of rotatable bonds is 6. The molecule has 0 aliphatic rings. The monoisotopic (exact) mass is 626 g/mol. The second-order valence-corrected chi connectivity index (χ2v) is 12.2. The van der Waals surface area contributed by atoms with Crippen LogP contribution in [0.2, 0.25) is 0 Å². The summed E-state index contributed by atoms with van der Waals surface area (Å²) >= 11 is 0. The zero-order valence-electron chi connectivity index (χ0n) is 26.6. The fourth-order valence-electron chi connectivity index (χ4n) is 6.61. The molecule has 9 aromatic rings. The molecular weight excluding hydrogens is 597 g/mol. The van der Waals surface area contributed by atoms with E-state index in [-0.39, 0.29) is 0 Å². The largest absolute Gasteiger partial charge is 0.316 e. The normalized spacial score (nSPS) is 11.3. The Morgan fingerprint density at radius 2 is 0.796 bits per heavy atom. The van der Waals surface area contributed by atoms with Crippen molar-refractivity contribution in [2.24, 2.45) is 0 Å². The first kappa shape index (κ1) is 28.6. The van der Waals surface area contributed by atoms with E-state index >= 15 is 0 Å². The molecule has 0 fully saturated rings. The molecule has 4 heteroatoms. The SMILES string of the molecule is c1ccc(-c2nc(-c3ccccc3)nc(-c3cccc(-c4cccc(-c5cccc(-n6ccc7ccc8ccccc8c76)c5)c4)c3)n2)cc1. The summed E-state index contributed by atoms with van der Waals surface area (Å²) < 4.78 is 2.30. The maximum Gasteiger partial charge on any atom is 0.164 e. The maximum atomic E-state index is 4.95. The zero-order valence-corrected chi connectivity index (χ0v) is 26.6. The molecule has 230 valence electrons. The van der Waals surface area contributed by atoms with E-state index in [1.54, 1.807) is 0 Å². The van der Waals surface area contributed by atoms with Crippen molar-refractivity contribution in [3.63, 3.8) is 0 Å². The molecule has 0 saturated heterocycles. The van der Waals surface area contributed by atoms with Crippen LogP contribution in [-0.4, -0.2) is 19.5 Å². The third-order valence-corrected chi connectivity index (χ3v) is 9.05. The molecule has 9 rings (SSSR count). The lowest BCUT2D eigenvalue weighted by Gasteiger charge is -2.12. The number of fused-ring (bicyclic) bond motifs is 3. The van der Waals surface area contributed by atoms with Crippen LogP contribution >= 0.6 is 0 Å². The lowest BCUT2D eigenvalue weighted by Crippen LogP contribution is -2.00. The Morgan fingerprint density at radius 1 is 0.327 bits per heavy atom. The van der Waals surface area contributed by atoms with Gasteiger partial charge in [0.25, 0.3) is 0 Å². The molecule has 0 unspecified atom stereocenters. The van der Waals surface area contributed by atoms with Crippen molar-refractivity contribution < 1.29 is 0 Å². The summed E-state index contributed by atoms with van der Waals surface area (Å²) in [7, 11) is 0. The van der Waals surface area contributed by atoms with Crippen LogP contribution in [0, 0.1) is 0 Å². The van der Waals surface area contributed by atoms with E-state index in [1.165, 1.54) is 21.7 Å². The second-order valence-electron chi connectivity index (χ2n) is 12.2. The van der Waals surface area contributed by atoms with Crippen molar-refractivity contribution >= 4 is 21.7 Å². The summed E-state index contributed by atoms with van der Waals surface area (Å²) in [5.74, 6) is 1.95. The van der Waals surface area contributed by atoms with Crippen LogP contribution < -0.4 is 0 Å². The quantitative estimate of drug-likeness (QED) is 0.184. The first-order valence-corrected chi connectivity index (χ1v) is 16.4. The number of benzene rings is 7. The number of nitrogens with zero attached hydrogens (tertiary/aromatic N) is 4. The highest BCUT2D eigenvalue weighted by molar-refractivity contribution is 6.06. The van der Waals surface area contributed by atoms with Crippen LogP contribution in [0.25, 0.3) is 83.8 Å². The van der Waals surface area contributed by atoms with Crippen molar-refractivity contribution in [1.29, 1.82) is 0 Å². The predicted molar refractivity (Wildman–Crippen MR) is 201 cm³/mol. The van der Waals surface area contributed by atoms with Crippen LogP contribution in [0.3, 0.4) is 0 Å². The molecule has 49 heavy (non-hydrogen) atoms. The molecule has 0 spiro atoms. The molecule has 0 bridgehead atoms. The van der Waals surface area contributed by atoms with Gasteiger partial charge in [-0.2, -0.15) is 0 Å². The standard InChI is InChI=1S/C45H30N4/c1-3-13-33(14-4-1)43-46-44(34-15-5-2-6-16-34)48-45(47-43)39-21-10-19-37(29-39)35-17-9-18-36(28-35)38-20-11-22-40(30-38)49-27-26-32-25-24-31-12-7-8-23-41(31)42(32)49/h1-30H. The van der Waals surface area contributed by atoms with Gasteiger partial charge in [-0.15, -0.1) is 0 Å². The lowest BCUT2D eigenvalue weighted by atomic mass is 9.97. The third-order valence-electron chi connectivity index (χ3n) is 9.05. The van der Waals surface area contributed by atoms with E-state index in [2.05, 4.69) is 126 Å². The fraction of sp³-hybridized carbons (Fsp3) is 0. The molecule has 7 aromatic carbocycles. The van der Waals surface area contributed by atoms with Gasteiger partial charge in [0, 0.05) is 39.3 Å². The molecule has 2 heterocycles. The Hall–Kier alpha value is -6.65. The molecule has 0 N–H and O–H groups in total. The van der Waals surface area contributed by atoms with Crippen LogP contribution in [0.4, 0.5) is 0 Å². The highest BCUT2D eigenvalue weighted by atomic mass is 15.0. The third kappa shape index (κ3) is 5.45. The van der Waals surface area contributed by atoms with Crippen LogP contribution in [0.5, 0.6) is 0 Å². The number of hydrogen-bond acceptors (Lipinski definition) is 3. The van der Waals surface area contributed by atoms with E-state index in [4.69, 9.17) is 15.0 Å². The van der Waals surface area contributed by atoms with Crippen molar-refractivity contribution in [2.45, 2.75) is 0 Å². The van der Waals surface area contributed by atoms with Gasteiger partial charge in [0.15, 0.2) is 17.5 Å². The average molecular weight is 627 g/mol. The van der Waals surface area contributed by atoms with E-state index < -0.39 is 0 Å². The van der Waals surface area contributed by atoms with Gasteiger partial charge in [-0.3, -0.25) is 0 Å². The Morgan fingerprint density at radius 3 is 1.45 bits per heavy atom. The fourth-order valence-corrected chi connectivity index (χ4v) is 6.61. The molecule has 0 atom stereocenters. The summed E-state index contributed by atoms with van der Waals surface area (Å²) in [5, 5.41) is 3.73. The minimum atomic E-state index is 0.643. The molecule has 0 aliphatic carbocycles. The topological polar surface area (TPSA) is 43.6 Å². The van der Waals surface area contributed by atoms with Crippen LogP contribution in [-0.2, 0) is 0 Å². The van der Waals surface area contributed by atoms with Gasteiger partial charge < -0.3 is 4.57 Å². The van der Waals surface area contributed by atoms with Crippen molar-refractivity contribution in [3.8, 4) is 62.1 Å². The Labute approximate surface area is 284 Å². The first-order valence-electron chi connectivity index (χ1n) is 16.4. The minimum absolute atomic E-state index is 0.643. The van der Waals surface area contributed by atoms with Crippen molar-refractivity contribution in [1.82, 2.24) is 19.5 Å². The average Bonchev–Trinajstić information content (AvgIpc) is 3.64. The summed E-state index contributed by atoms with van der Waals surface area (Å²) in [4.78, 5) is 14.8. The van der Waals surface area contributed by atoms with E-state index in [1.807, 2.05) is 60.7 Å². The highest BCUT2D eigenvalue weighted by Gasteiger charge is 2.14. The van der Waals surface area contributed by atoms with Crippen molar-refractivity contribution in [2.75, 3.05) is 0 Å². The van der Waals surface area contributed by atoms with Crippen LogP contribution in [0.1, 0.15) is 0 Å². The molecule has 0 amide bonds. The summed E-state index contributed by atoms with van der Waals surface area (Å²) in [6.45, 7) is 0. The molecule has 0 radical (unpaired) electrons. The smallest absolute Gasteiger partial charge is 0.164 e. The van der Waals surface area contributed by atoms with Gasteiger partial charge in [-0.25, -0.2) is 15.0 Å². The van der Waals surface area contributed by atoms with Crippen LogP contribution in [0.15, 0.2) is 182 Å². The maximum absolute atomic E-state index is 4.95. The molecule has 4 nitrogen and oxygen atoms in total. The molecule has 0 saturated carbocycles. The van der Waals surface area contributed by atoms with Gasteiger partial charge >= 0.3 is 0 Å². The van der Waals surface area contributed by atoms with Gasteiger partial charge in [0.05, 0.1) is 5.52 Å². The first-order chi connectivity index (χ1) is 24.3. The molecule has 2 aromatic heterocycles. The minimum Gasteiger partial charge on any atom is -0.316 e. The van der Waals surface area contributed by atoms with Crippen molar-refractivity contribution in [3.05, 3.63) is 182 Å². The van der Waals surface area contributed by atoms with Gasteiger partial charge in [0.1, 0.15) is 0 Å².